The van der Waals surface area contributed by atoms with Crippen LogP contribution in [0.4, 0.5) is 0 Å². The van der Waals surface area contributed by atoms with E-state index in [1.165, 1.54) is 127 Å². The monoisotopic (exact) mass is 561 g/mol. The Balaban J connectivity index is 0. The van der Waals surface area contributed by atoms with Crippen molar-refractivity contribution in [3.63, 3.8) is 0 Å². The molecule has 0 aliphatic rings. The number of aliphatic hydroxyl groups is 2. The van der Waals surface area contributed by atoms with Crippen LogP contribution in [0.5, 0.6) is 0 Å². The fourth-order valence-electron chi connectivity index (χ4n) is 4.47. The Morgan fingerprint density at radius 2 is 0.821 bits per heavy atom. The number of nitrogens with zero attached hydrogens (tertiary/aromatic N) is 1. The number of hydroxylamine groups is 2. The third-order valence-corrected chi connectivity index (χ3v) is 6.84. The zero-order valence-electron chi connectivity index (χ0n) is 26.0. The topological polar surface area (TPSA) is 99.5 Å². The number of aliphatic carboxylic acids is 1. The predicted molar refractivity (Wildman–Crippen MR) is 163 cm³/mol. The first-order chi connectivity index (χ1) is 19.1. The van der Waals surface area contributed by atoms with Crippen LogP contribution in [-0.4, -0.2) is 59.5 Å². The minimum atomic E-state index is -0.655. The van der Waals surface area contributed by atoms with E-state index in [0.717, 1.165) is 25.7 Å². The van der Waals surface area contributed by atoms with Crippen molar-refractivity contribution in [3.05, 3.63) is 0 Å². The van der Waals surface area contributed by atoms with Gasteiger partial charge in [-0.15, -0.1) is 0 Å². The smallest absolute Gasteiger partial charge is 0.303 e. The molecule has 0 saturated heterocycles. The van der Waals surface area contributed by atoms with Crippen LogP contribution in [0, 0.1) is 0 Å². The molecule has 3 N–H and O–H groups in total. The van der Waals surface area contributed by atoms with Crippen molar-refractivity contribution >= 4 is 5.97 Å². The lowest BCUT2D eigenvalue weighted by molar-refractivity contribution is -0.371. The Morgan fingerprint density at radius 3 is 1.13 bits per heavy atom. The number of carbonyl (C=O) groups is 1. The Bertz CT molecular complexity index is 444. The summed E-state index contributed by atoms with van der Waals surface area (Å²) in [7, 11) is 0. The highest BCUT2D eigenvalue weighted by Gasteiger charge is 2.05. The van der Waals surface area contributed by atoms with Gasteiger partial charge in [0.15, 0.2) is 0 Å². The summed E-state index contributed by atoms with van der Waals surface area (Å²) in [4.78, 5) is 20.8. The zero-order chi connectivity index (χ0) is 29.1. The maximum absolute atomic E-state index is 10.3. The molecule has 0 unspecified atom stereocenters. The molecular formula is C32H67NO6. The molecule has 0 rings (SSSR count). The Hall–Kier alpha value is -0.730. The van der Waals surface area contributed by atoms with E-state index in [4.69, 9.17) is 25.0 Å². The van der Waals surface area contributed by atoms with E-state index < -0.39 is 5.97 Å². The maximum atomic E-state index is 10.3. The van der Waals surface area contributed by atoms with Crippen LogP contribution in [0.3, 0.4) is 0 Å². The van der Waals surface area contributed by atoms with E-state index in [1.807, 2.05) is 0 Å². The maximum Gasteiger partial charge on any atom is 0.303 e. The summed E-state index contributed by atoms with van der Waals surface area (Å²) >= 11 is 0. The highest BCUT2D eigenvalue weighted by atomic mass is 16.9. The summed E-state index contributed by atoms with van der Waals surface area (Å²) in [6.45, 7) is 5.57. The number of aliphatic hydroxyl groups excluding tert-OH is 2. The highest BCUT2D eigenvalue weighted by Crippen LogP contribution is 2.13. The van der Waals surface area contributed by atoms with Gasteiger partial charge >= 0.3 is 5.97 Å². The van der Waals surface area contributed by atoms with Crippen LogP contribution in [0.25, 0.3) is 0 Å². The van der Waals surface area contributed by atoms with E-state index in [0.29, 0.717) is 13.0 Å². The minimum Gasteiger partial charge on any atom is -0.481 e. The highest BCUT2D eigenvalue weighted by molar-refractivity contribution is 5.66. The van der Waals surface area contributed by atoms with Gasteiger partial charge in [0.2, 0.25) is 0 Å². The SMILES string of the molecule is CCCCCCCCCCCCCCCC(=O)O.CCCCCCCCCCCCN(OCCO)OCCO. The minimum absolute atomic E-state index is 0.0307. The summed E-state index contributed by atoms with van der Waals surface area (Å²) in [5.74, 6) is -0.655. The number of hydrogen-bond acceptors (Lipinski definition) is 6. The molecule has 0 aromatic rings. The van der Waals surface area contributed by atoms with E-state index in [2.05, 4.69) is 13.8 Å². The van der Waals surface area contributed by atoms with Crippen molar-refractivity contribution in [1.29, 1.82) is 0 Å². The molecule has 7 heteroatoms. The average molecular weight is 562 g/mol. The Kier molecular flexibility index (Phi) is 38.6. The van der Waals surface area contributed by atoms with Crippen molar-refractivity contribution in [2.45, 2.75) is 168 Å². The van der Waals surface area contributed by atoms with Gasteiger partial charge < -0.3 is 15.3 Å². The van der Waals surface area contributed by atoms with Crippen LogP contribution in [-0.2, 0) is 14.5 Å². The molecule has 39 heavy (non-hydrogen) atoms. The number of unbranched alkanes of at least 4 members (excludes halogenated alkanes) is 21. The number of rotatable bonds is 31. The first kappa shape index (κ1) is 40.4. The van der Waals surface area contributed by atoms with Gasteiger partial charge in [0.25, 0.3) is 0 Å². The van der Waals surface area contributed by atoms with Crippen LogP contribution in [0.1, 0.15) is 168 Å². The molecule has 0 saturated carbocycles. The van der Waals surface area contributed by atoms with Crippen LogP contribution >= 0.6 is 0 Å². The van der Waals surface area contributed by atoms with Crippen LogP contribution in [0.15, 0.2) is 0 Å². The van der Waals surface area contributed by atoms with Crippen LogP contribution < -0.4 is 0 Å². The first-order valence-corrected chi connectivity index (χ1v) is 16.6. The third kappa shape index (κ3) is 39.5. The van der Waals surface area contributed by atoms with Gasteiger partial charge in [-0.05, 0) is 12.8 Å². The Labute approximate surface area is 241 Å². The lowest BCUT2D eigenvalue weighted by atomic mass is 10.0. The molecule has 0 aliphatic carbocycles. The molecule has 0 fully saturated rings. The largest absolute Gasteiger partial charge is 0.481 e. The van der Waals surface area contributed by atoms with Gasteiger partial charge in [0.1, 0.15) is 0 Å². The van der Waals surface area contributed by atoms with Crippen molar-refractivity contribution in [3.8, 4) is 0 Å². The van der Waals surface area contributed by atoms with Gasteiger partial charge in [-0.25, -0.2) is 0 Å². The molecule has 7 nitrogen and oxygen atoms in total. The molecule has 0 spiro atoms. The van der Waals surface area contributed by atoms with Crippen molar-refractivity contribution < 1.29 is 29.8 Å². The van der Waals surface area contributed by atoms with E-state index in [9.17, 15) is 4.79 Å². The molecule has 0 bridgehead atoms. The molecule has 236 valence electrons. The number of carboxylic acid groups (broad SMARTS) is 1. The summed E-state index contributed by atoms with van der Waals surface area (Å²) in [6.07, 6.45) is 30.2. The molecule has 0 heterocycles. The first-order valence-electron chi connectivity index (χ1n) is 16.6. The molecule has 0 aromatic carbocycles. The van der Waals surface area contributed by atoms with E-state index >= 15 is 0 Å². The molecular weight excluding hydrogens is 494 g/mol. The average Bonchev–Trinajstić information content (AvgIpc) is 2.93. The second-order valence-corrected chi connectivity index (χ2v) is 10.7. The van der Waals surface area contributed by atoms with Crippen molar-refractivity contribution in [1.82, 2.24) is 5.23 Å². The molecule has 0 radical (unpaired) electrons. The van der Waals surface area contributed by atoms with Crippen molar-refractivity contribution in [2.24, 2.45) is 0 Å². The summed E-state index contributed by atoms with van der Waals surface area (Å²) in [5.41, 5.74) is 0. The number of hydrogen-bond donors (Lipinski definition) is 3. The second kappa shape index (κ2) is 37.3. The van der Waals surface area contributed by atoms with E-state index in [-0.39, 0.29) is 26.4 Å². The molecule has 0 amide bonds. The lowest BCUT2D eigenvalue weighted by Crippen LogP contribution is -2.28. The van der Waals surface area contributed by atoms with Gasteiger partial charge in [-0.2, -0.15) is 0 Å². The van der Waals surface area contributed by atoms with Gasteiger partial charge in [-0.1, -0.05) is 154 Å². The van der Waals surface area contributed by atoms with E-state index in [1.54, 1.807) is 0 Å². The molecule has 0 aliphatic heterocycles. The Morgan fingerprint density at radius 1 is 0.513 bits per heavy atom. The van der Waals surface area contributed by atoms with Gasteiger partial charge in [-0.3, -0.25) is 14.5 Å². The van der Waals surface area contributed by atoms with Gasteiger partial charge in [0, 0.05) is 6.42 Å². The zero-order valence-corrected chi connectivity index (χ0v) is 26.0. The standard InChI is InChI=1S/C16H35NO4.C16H32O2/c1-2-3-4-5-6-7-8-9-10-11-12-17(20-15-13-18)21-16-14-19;1-2-3-4-5-6-7-8-9-10-11-12-13-14-15-16(17)18/h18-19H,2-16H2,1H3;2-15H2,1H3,(H,17,18). The molecule has 0 aromatic heterocycles. The summed E-state index contributed by atoms with van der Waals surface area (Å²) in [5, 5.41) is 27.3. The second-order valence-electron chi connectivity index (χ2n) is 10.7. The molecule has 0 atom stereocenters. The lowest BCUT2D eigenvalue weighted by Gasteiger charge is -2.20. The number of carboxylic acids is 1. The quantitative estimate of drug-likeness (QED) is 0.0575. The fraction of sp³-hybridized carbons (Fsp3) is 0.969. The predicted octanol–water partition coefficient (Wildman–Crippen LogP) is 8.61. The van der Waals surface area contributed by atoms with Crippen molar-refractivity contribution in [2.75, 3.05) is 33.0 Å². The normalized spacial score (nSPS) is 11.1. The van der Waals surface area contributed by atoms with Gasteiger partial charge in [0.05, 0.1) is 33.0 Å². The third-order valence-electron chi connectivity index (χ3n) is 6.84. The summed E-state index contributed by atoms with van der Waals surface area (Å²) < 4.78 is 0. The van der Waals surface area contributed by atoms with Crippen LogP contribution in [0.2, 0.25) is 0 Å². The fourth-order valence-corrected chi connectivity index (χ4v) is 4.47. The summed E-state index contributed by atoms with van der Waals surface area (Å²) in [6, 6.07) is 0.